The van der Waals surface area contributed by atoms with Gasteiger partial charge in [0.05, 0.1) is 32.8 Å². The molecule has 0 spiro atoms. The van der Waals surface area contributed by atoms with E-state index in [1.807, 2.05) is 0 Å². The van der Waals surface area contributed by atoms with E-state index in [1.165, 1.54) is 21.3 Å². The maximum absolute atomic E-state index is 12.5. The molecule has 1 aliphatic carbocycles. The monoisotopic (exact) mass is 362 g/mol. The lowest BCUT2D eigenvalue weighted by molar-refractivity contribution is -0.156. The molecule has 0 saturated heterocycles. The van der Waals surface area contributed by atoms with Crippen molar-refractivity contribution in [2.75, 3.05) is 21.3 Å². The Balaban J connectivity index is 2.25. The number of aromatic amines is 2. The summed E-state index contributed by atoms with van der Waals surface area (Å²) >= 11 is 0. The topological polar surface area (TPSA) is 114 Å². The number of aromatic nitrogens is 2. The van der Waals surface area contributed by atoms with Crippen LogP contribution < -0.4 is 15.0 Å². The van der Waals surface area contributed by atoms with Gasteiger partial charge < -0.3 is 24.4 Å². The molecule has 3 rings (SSSR count). The summed E-state index contributed by atoms with van der Waals surface area (Å²) < 4.78 is 15.5. The van der Waals surface area contributed by atoms with Crippen molar-refractivity contribution in [3.8, 4) is 11.5 Å². The number of carbonyl (C=O) groups excluding carboxylic acids is 1. The minimum atomic E-state index is -1.40. The number of H-pyrrole nitrogens is 2. The van der Waals surface area contributed by atoms with E-state index in [-0.39, 0.29) is 12.0 Å². The number of nitrogens with one attached hydrogen (secondary N) is 2. The van der Waals surface area contributed by atoms with Crippen LogP contribution in [0.1, 0.15) is 29.7 Å². The lowest BCUT2D eigenvalue weighted by Crippen LogP contribution is -2.49. The fourth-order valence-electron chi connectivity index (χ4n) is 3.79. The molecule has 0 unspecified atom stereocenters. The number of hydrogen-bond donors (Lipinski definition) is 3. The average Bonchev–Trinajstić information content (AvgIpc) is 2.98. The van der Waals surface area contributed by atoms with Gasteiger partial charge in [0.1, 0.15) is 0 Å². The lowest BCUT2D eigenvalue weighted by Gasteiger charge is -2.40. The van der Waals surface area contributed by atoms with Crippen LogP contribution in [0.2, 0.25) is 0 Å². The number of carbonyl (C=O) groups is 1. The van der Waals surface area contributed by atoms with Crippen molar-refractivity contribution in [1.29, 1.82) is 0 Å². The number of methoxy groups -OCH3 is 3. The highest BCUT2D eigenvalue weighted by Gasteiger charge is 2.51. The van der Waals surface area contributed by atoms with Gasteiger partial charge in [0, 0.05) is 23.6 Å². The van der Waals surface area contributed by atoms with Gasteiger partial charge in [0.2, 0.25) is 0 Å². The molecule has 1 aliphatic rings. The molecule has 140 valence electrons. The highest BCUT2D eigenvalue weighted by Crippen LogP contribution is 2.45. The van der Waals surface area contributed by atoms with Gasteiger partial charge >= 0.3 is 5.97 Å². The Morgan fingerprint density at radius 2 is 1.88 bits per heavy atom. The molecule has 0 amide bonds. The van der Waals surface area contributed by atoms with Crippen LogP contribution in [0.4, 0.5) is 0 Å². The van der Waals surface area contributed by atoms with E-state index >= 15 is 0 Å². The summed E-state index contributed by atoms with van der Waals surface area (Å²) in [5.41, 5.74) is -0.101. The molecule has 26 heavy (non-hydrogen) atoms. The van der Waals surface area contributed by atoms with Crippen molar-refractivity contribution in [1.82, 2.24) is 10.2 Å². The molecule has 8 heteroatoms. The van der Waals surface area contributed by atoms with Crippen LogP contribution in [-0.2, 0) is 16.0 Å². The molecular formula is C18H22N2O6. The smallest absolute Gasteiger partial charge is 0.312 e. The van der Waals surface area contributed by atoms with E-state index in [2.05, 4.69) is 10.2 Å². The first-order chi connectivity index (χ1) is 12.3. The summed E-state index contributed by atoms with van der Waals surface area (Å²) in [6.07, 6.45) is 0.130. The number of benzene rings is 1. The van der Waals surface area contributed by atoms with Gasteiger partial charge in [-0.25, -0.2) is 0 Å². The molecule has 1 heterocycles. The Bertz CT molecular complexity index is 882. The van der Waals surface area contributed by atoms with Gasteiger partial charge in [-0.05, 0) is 24.6 Å². The number of fused-ring (bicyclic) bond motifs is 1. The van der Waals surface area contributed by atoms with E-state index in [0.29, 0.717) is 28.3 Å². The fourth-order valence-corrected chi connectivity index (χ4v) is 3.79. The van der Waals surface area contributed by atoms with Gasteiger partial charge in [-0.1, -0.05) is 6.07 Å². The third kappa shape index (κ3) is 2.76. The number of ether oxygens (including phenoxy) is 3. The molecule has 3 N–H and O–H groups in total. The third-order valence-electron chi connectivity index (χ3n) is 4.97. The SMILES string of the molecule is COC(=O)[C@H]1[C@@H](c2ccc(OC)c(OC)c2)c2c([nH][nH]c2=O)C[C@]1(C)O. The Kier molecular flexibility index (Phi) is 4.53. The molecule has 0 radical (unpaired) electrons. The fraction of sp³-hybridized carbons (Fsp3) is 0.444. The highest BCUT2D eigenvalue weighted by molar-refractivity contribution is 5.77. The zero-order valence-corrected chi connectivity index (χ0v) is 15.1. The molecule has 0 fully saturated rings. The van der Waals surface area contributed by atoms with Crippen LogP contribution in [0.25, 0.3) is 0 Å². The van der Waals surface area contributed by atoms with Crippen molar-refractivity contribution >= 4 is 5.97 Å². The Morgan fingerprint density at radius 3 is 2.50 bits per heavy atom. The van der Waals surface area contributed by atoms with Crippen LogP contribution in [-0.4, -0.2) is 48.2 Å². The van der Waals surface area contributed by atoms with E-state index in [1.54, 1.807) is 25.1 Å². The second-order valence-corrected chi connectivity index (χ2v) is 6.60. The maximum Gasteiger partial charge on any atom is 0.312 e. The van der Waals surface area contributed by atoms with Crippen molar-refractivity contribution in [2.24, 2.45) is 5.92 Å². The average molecular weight is 362 g/mol. The minimum absolute atomic E-state index is 0.130. The first-order valence-corrected chi connectivity index (χ1v) is 8.15. The van der Waals surface area contributed by atoms with Crippen LogP contribution in [0, 0.1) is 5.92 Å². The first-order valence-electron chi connectivity index (χ1n) is 8.15. The number of esters is 1. The summed E-state index contributed by atoms with van der Waals surface area (Å²) in [6, 6.07) is 5.16. The molecule has 3 atom stereocenters. The van der Waals surface area contributed by atoms with Gasteiger partial charge in [0.25, 0.3) is 5.56 Å². The number of aliphatic hydroxyl groups is 1. The molecule has 1 aromatic carbocycles. The van der Waals surface area contributed by atoms with Crippen molar-refractivity contribution < 1.29 is 24.1 Å². The Morgan fingerprint density at radius 1 is 1.19 bits per heavy atom. The highest BCUT2D eigenvalue weighted by atomic mass is 16.5. The second kappa shape index (κ2) is 6.53. The summed E-state index contributed by atoms with van der Waals surface area (Å²) in [5.74, 6) is -1.24. The summed E-state index contributed by atoms with van der Waals surface area (Å²) in [4.78, 5) is 24.9. The van der Waals surface area contributed by atoms with Gasteiger partial charge in [-0.3, -0.25) is 14.7 Å². The van der Waals surface area contributed by atoms with Crippen LogP contribution in [0.3, 0.4) is 0 Å². The second-order valence-electron chi connectivity index (χ2n) is 6.60. The zero-order chi connectivity index (χ0) is 19.1. The largest absolute Gasteiger partial charge is 0.493 e. The van der Waals surface area contributed by atoms with E-state index in [9.17, 15) is 14.7 Å². The predicted molar refractivity (Wildman–Crippen MR) is 92.6 cm³/mol. The van der Waals surface area contributed by atoms with Crippen LogP contribution >= 0.6 is 0 Å². The lowest BCUT2D eigenvalue weighted by atomic mass is 9.66. The van der Waals surface area contributed by atoms with E-state index in [0.717, 1.165) is 0 Å². The summed E-state index contributed by atoms with van der Waals surface area (Å²) in [5, 5.41) is 16.3. The Hall–Kier alpha value is -2.74. The van der Waals surface area contributed by atoms with Crippen molar-refractivity contribution in [3.05, 3.63) is 45.4 Å². The zero-order valence-electron chi connectivity index (χ0n) is 15.1. The number of rotatable bonds is 4. The quantitative estimate of drug-likeness (QED) is 0.698. The van der Waals surface area contributed by atoms with E-state index < -0.39 is 23.4 Å². The van der Waals surface area contributed by atoms with Crippen LogP contribution in [0.15, 0.2) is 23.0 Å². The Labute approximate surface area is 150 Å². The normalized spacial score (nSPS) is 24.7. The molecule has 1 aromatic heterocycles. The molecular weight excluding hydrogens is 340 g/mol. The molecule has 2 aromatic rings. The third-order valence-corrected chi connectivity index (χ3v) is 4.97. The van der Waals surface area contributed by atoms with Gasteiger partial charge in [-0.2, -0.15) is 0 Å². The molecule has 0 aliphatic heterocycles. The van der Waals surface area contributed by atoms with Crippen molar-refractivity contribution in [3.63, 3.8) is 0 Å². The summed E-state index contributed by atoms with van der Waals surface area (Å²) in [7, 11) is 4.29. The first kappa shape index (κ1) is 18.1. The molecule has 0 saturated carbocycles. The maximum atomic E-state index is 12.5. The summed E-state index contributed by atoms with van der Waals surface area (Å²) in [6.45, 7) is 1.57. The van der Waals surface area contributed by atoms with Crippen molar-refractivity contribution in [2.45, 2.75) is 24.9 Å². The predicted octanol–water partition coefficient (Wildman–Crippen LogP) is 0.948. The number of hydrogen-bond acceptors (Lipinski definition) is 6. The molecule has 0 bridgehead atoms. The van der Waals surface area contributed by atoms with Gasteiger partial charge in [0.15, 0.2) is 11.5 Å². The van der Waals surface area contributed by atoms with Crippen LogP contribution in [0.5, 0.6) is 11.5 Å². The minimum Gasteiger partial charge on any atom is -0.493 e. The van der Waals surface area contributed by atoms with E-state index in [4.69, 9.17) is 14.2 Å². The standard InChI is InChI=1S/C18H22N2O6/c1-18(23)8-10-14(16(21)20-19-10)13(15(18)17(22)26-4)9-5-6-11(24-2)12(7-9)25-3/h5-7,13,15,23H,8H2,1-4H3,(H2,19,20,21)/t13-,15+,18-/m0/s1. The molecule has 8 nitrogen and oxygen atoms in total. The van der Waals surface area contributed by atoms with Gasteiger partial charge in [-0.15, -0.1) is 0 Å².